The van der Waals surface area contributed by atoms with Crippen molar-refractivity contribution in [3.63, 3.8) is 0 Å². The van der Waals surface area contributed by atoms with Gasteiger partial charge in [-0.25, -0.2) is 9.78 Å². The first-order valence-electron chi connectivity index (χ1n) is 11.6. The number of thioether (sulfide) groups is 1. The van der Waals surface area contributed by atoms with E-state index in [1.165, 1.54) is 11.8 Å². The summed E-state index contributed by atoms with van der Waals surface area (Å²) in [5.41, 5.74) is 1.40. The summed E-state index contributed by atoms with van der Waals surface area (Å²) >= 11 is 7.60. The van der Waals surface area contributed by atoms with E-state index < -0.39 is 12.3 Å². The quantitative estimate of drug-likeness (QED) is 0.216. The molecule has 186 valence electrons. The van der Waals surface area contributed by atoms with E-state index in [0.29, 0.717) is 39.5 Å². The van der Waals surface area contributed by atoms with Crippen LogP contribution in [-0.4, -0.2) is 35.0 Å². The molecule has 2 atom stereocenters. The van der Waals surface area contributed by atoms with E-state index in [2.05, 4.69) is 11.9 Å². The first-order valence-corrected chi connectivity index (χ1v) is 13.0. The van der Waals surface area contributed by atoms with Crippen LogP contribution in [0.15, 0.2) is 53.8 Å². The summed E-state index contributed by atoms with van der Waals surface area (Å²) in [6.07, 6.45) is 3.47. The van der Waals surface area contributed by atoms with Crippen LogP contribution in [0.5, 0.6) is 17.2 Å². The van der Waals surface area contributed by atoms with Crippen molar-refractivity contribution < 1.29 is 23.7 Å². The molecule has 1 aliphatic rings. The van der Waals surface area contributed by atoms with Gasteiger partial charge in [-0.15, -0.1) is 11.8 Å². The van der Waals surface area contributed by atoms with Crippen molar-refractivity contribution in [2.24, 2.45) is 0 Å². The minimum absolute atomic E-state index is 0.127. The van der Waals surface area contributed by atoms with Crippen molar-refractivity contribution in [2.45, 2.75) is 62.8 Å². The van der Waals surface area contributed by atoms with Gasteiger partial charge in [-0.3, -0.25) is 0 Å². The largest absolute Gasteiger partial charge is 0.497 e. The first kappa shape index (κ1) is 25.3. The van der Waals surface area contributed by atoms with Crippen LogP contribution in [0.25, 0.3) is 0 Å². The van der Waals surface area contributed by atoms with Gasteiger partial charge in [-0.2, -0.15) is 0 Å². The van der Waals surface area contributed by atoms with E-state index in [-0.39, 0.29) is 6.10 Å². The molecule has 3 aromatic rings. The normalized spacial score (nSPS) is 15.1. The van der Waals surface area contributed by atoms with Crippen molar-refractivity contribution in [3.8, 4) is 17.2 Å². The third-order valence-corrected chi connectivity index (χ3v) is 7.04. The molecule has 9 heteroatoms. The minimum Gasteiger partial charge on any atom is -0.497 e. The Morgan fingerprint density at radius 1 is 1.17 bits per heavy atom. The van der Waals surface area contributed by atoms with Gasteiger partial charge < -0.3 is 23.5 Å². The molecule has 35 heavy (non-hydrogen) atoms. The second kappa shape index (κ2) is 11.7. The molecular formula is C26H29ClN2O5S. The molecule has 0 saturated heterocycles. The molecule has 1 aromatic heterocycles. The Labute approximate surface area is 214 Å². The van der Waals surface area contributed by atoms with E-state index >= 15 is 0 Å². The molecule has 4 rings (SSSR count). The number of carbonyl (C=O) groups excluding carboxylic acids is 1. The van der Waals surface area contributed by atoms with Crippen LogP contribution in [0.2, 0.25) is 5.02 Å². The molecule has 2 aromatic carbocycles. The molecule has 2 heterocycles. The number of halogens is 1. The number of hydrogen-bond donors (Lipinski definition) is 0. The van der Waals surface area contributed by atoms with E-state index in [4.69, 9.17) is 30.5 Å². The lowest BCUT2D eigenvalue weighted by Crippen LogP contribution is -2.25. The number of ether oxygens (including phenoxy) is 4. The maximum atomic E-state index is 13.1. The molecule has 0 radical (unpaired) electrons. The third-order valence-electron chi connectivity index (χ3n) is 5.63. The Morgan fingerprint density at radius 2 is 1.94 bits per heavy atom. The van der Waals surface area contributed by atoms with Gasteiger partial charge in [0.05, 0.1) is 20.0 Å². The molecule has 1 aliphatic heterocycles. The van der Waals surface area contributed by atoms with Gasteiger partial charge in [0.2, 0.25) is 0 Å². The smallest absolute Gasteiger partial charge is 0.360 e. The Kier molecular flexibility index (Phi) is 8.46. The number of rotatable bonds is 11. The van der Waals surface area contributed by atoms with Gasteiger partial charge in [-0.05, 0) is 42.7 Å². The monoisotopic (exact) mass is 516 g/mol. The highest BCUT2D eigenvalue weighted by molar-refractivity contribution is 7.98. The van der Waals surface area contributed by atoms with Gasteiger partial charge in [0, 0.05) is 16.8 Å². The fourth-order valence-electron chi connectivity index (χ4n) is 3.76. The summed E-state index contributed by atoms with van der Waals surface area (Å²) in [6.45, 7) is 4.45. The number of hydrogen-bond acceptors (Lipinski definition) is 7. The van der Waals surface area contributed by atoms with Crippen molar-refractivity contribution in [1.29, 1.82) is 0 Å². The van der Waals surface area contributed by atoms with Gasteiger partial charge in [-0.1, -0.05) is 44.0 Å². The zero-order valence-corrected chi connectivity index (χ0v) is 21.6. The third kappa shape index (κ3) is 6.24. The Bertz CT molecular complexity index is 1150. The average molecular weight is 517 g/mol. The van der Waals surface area contributed by atoms with Crippen LogP contribution < -0.4 is 14.2 Å². The van der Waals surface area contributed by atoms with E-state index in [1.54, 1.807) is 31.6 Å². The molecule has 0 fully saturated rings. The number of benzene rings is 2. The molecule has 0 N–H and O–H groups in total. The summed E-state index contributed by atoms with van der Waals surface area (Å²) in [5, 5.41) is 1.28. The highest BCUT2D eigenvalue weighted by Crippen LogP contribution is 2.37. The fraction of sp³-hybridized carbons (Fsp3) is 0.385. The second-order valence-corrected chi connectivity index (χ2v) is 9.57. The lowest BCUT2D eigenvalue weighted by atomic mass is 10.1. The van der Waals surface area contributed by atoms with Crippen LogP contribution >= 0.6 is 23.4 Å². The van der Waals surface area contributed by atoms with Crippen LogP contribution in [0.3, 0.4) is 0 Å². The Hall–Kier alpha value is -2.84. The highest BCUT2D eigenvalue weighted by atomic mass is 35.5. The van der Waals surface area contributed by atoms with Crippen molar-refractivity contribution >= 4 is 29.3 Å². The molecule has 7 nitrogen and oxygen atoms in total. The fourth-order valence-corrected chi connectivity index (χ4v) is 4.97. The summed E-state index contributed by atoms with van der Waals surface area (Å²) in [7, 11) is 1.64. The number of aromatic nitrogens is 2. The SMILES string of the molecule is CCCC(CC)OC(=O)c1ncn(CC2Oc3ccc(Cl)cc3O2)c1SCc1ccc(OC)cc1. The number of esters is 1. The van der Waals surface area contributed by atoms with Gasteiger partial charge in [0.25, 0.3) is 6.29 Å². The second-order valence-electron chi connectivity index (χ2n) is 8.17. The van der Waals surface area contributed by atoms with Crippen molar-refractivity contribution in [2.75, 3.05) is 7.11 Å². The maximum absolute atomic E-state index is 13.1. The summed E-state index contributed by atoms with van der Waals surface area (Å²) in [4.78, 5) is 17.5. The molecular weight excluding hydrogens is 488 g/mol. The summed E-state index contributed by atoms with van der Waals surface area (Å²) < 4.78 is 24.7. The van der Waals surface area contributed by atoms with Crippen molar-refractivity contribution in [1.82, 2.24) is 9.55 Å². The van der Waals surface area contributed by atoms with Crippen molar-refractivity contribution in [3.05, 3.63) is 65.1 Å². The van der Waals surface area contributed by atoms with E-state index in [9.17, 15) is 4.79 Å². The van der Waals surface area contributed by atoms with Crippen LogP contribution in [0.4, 0.5) is 0 Å². The van der Waals surface area contributed by atoms with E-state index in [1.807, 2.05) is 35.8 Å². The van der Waals surface area contributed by atoms with Crippen LogP contribution in [-0.2, 0) is 17.0 Å². The summed E-state index contributed by atoms with van der Waals surface area (Å²) in [6, 6.07) is 13.1. The number of imidazole rings is 1. The standard InChI is InChI=1S/C26H29ClN2O5S/c1-4-6-19(5-2)32-26(30)24-25(35-15-17-7-10-20(31-3)11-8-17)29(16-28-24)14-23-33-21-12-9-18(27)13-22(21)34-23/h7-13,16,19,23H,4-6,14-15H2,1-3H3. The predicted octanol–water partition coefficient (Wildman–Crippen LogP) is 6.37. The minimum atomic E-state index is -0.564. The molecule has 2 unspecified atom stereocenters. The molecule has 0 saturated carbocycles. The number of carbonyl (C=O) groups is 1. The Balaban J connectivity index is 1.53. The zero-order chi connectivity index (χ0) is 24.8. The number of fused-ring (bicyclic) bond motifs is 1. The van der Waals surface area contributed by atoms with Gasteiger partial charge in [0.1, 0.15) is 16.9 Å². The van der Waals surface area contributed by atoms with Crippen LogP contribution in [0, 0.1) is 0 Å². The number of methoxy groups -OCH3 is 1. The Morgan fingerprint density at radius 3 is 2.66 bits per heavy atom. The first-order chi connectivity index (χ1) is 17.0. The highest BCUT2D eigenvalue weighted by Gasteiger charge is 2.28. The van der Waals surface area contributed by atoms with Crippen LogP contribution in [0.1, 0.15) is 49.2 Å². The topological polar surface area (TPSA) is 71.8 Å². The zero-order valence-electron chi connectivity index (χ0n) is 20.0. The molecule has 0 aliphatic carbocycles. The molecule has 0 amide bonds. The van der Waals surface area contributed by atoms with Gasteiger partial charge >= 0.3 is 5.97 Å². The molecule has 0 spiro atoms. The predicted molar refractivity (Wildman–Crippen MR) is 136 cm³/mol. The maximum Gasteiger partial charge on any atom is 0.360 e. The van der Waals surface area contributed by atoms with E-state index in [0.717, 1.165) is 30.6 Å². The molecule has 0 bridgehead atoms. The lowest BCUT2D eigenvalue weighted by Gasteiger charge is -2.16. The average Bonchev–Trinajstić information content (AvgIpc) is 3.45. The number of nitrogens with zero attached hydrogens (tertiary/aromatic N) is 2. The lowest BCUT2D eigenvalue weighted by molar-refractivity contribution is 0.0249. The van der Waals surface area contributed by atoms with Gasteiger partial charge in [0.15, 0.2) is 17.2 Å². The summed E-state index contributed by atoms with van der Waals surface area (Å²) in [5.74, 6) is 2.26.